The highest BCUT2D eigenvalue weighted by Gasteiger charge is 2.24. The number of hydrogen-bond donors (Lipinski definition) is 3. The molecule has 0 aliphatic rings. The van der Waals surface area contributed by atoms with Gasteiger partial charge in [0.25, 0.3) is 5.91 Å². The third kappa shape index (κ3) is 5.22. The molecule has 6 nitrogen and oxygen atoms in total. The minimum absolute atomic E-state index is 0.290. The first kappa shape index (κ1) is 22.1. The standard InChI is InChI=1S/C26H21ClN4O2/c27-22-7-3-1-6-21(22)25(32)31-24(15-18-16-29-23-8-4-2-5-20(18)23)26(33)30-19-11-9-17(10-12-19)13-14-28/h1-12,16,24,29H,13,15H2,(H,30,33)(H,31,32). The number of fused-ring (bicyclic) bond motifs is 1. The number of nitrogens with one attached hydrogen (secondary N) is 3. The van der Waals surface area contributed by atoms with E-state index in [1.807, 2.05) is 30.5 Å². The maximum atomic E-state index is 13.2. The van der Waals surface area contributed by atoms with Crippen LogP contribution < -0.4 is 10.6 Å². The van der Waals surface area contributed by atoms with Gasteiger partial charge < -0.3 is 15.6 Å². The molecular weight excluding hydrogens is 436 g/mol. The molecule has 4 rings (SSSR count). The summed E-state index contributed by atoms with van der Waals surface area (Å²) in [6, 6.07) is 22.8. The van der Waals surface area contributed by atoms with E-state index in [-0.39, 0.29) is 5.91 Å². The van der Waals surface area contributed by atoms with Crippen molar-refractivity contribution in [3.63, 3.8) is 0 Å². The fourth-order valence-electron chi connectivity index (χ4n) is 3.64. The Balaban J connectivity index is 1.58. The van der Waals surface area contributed by atoms with Crippen LogP contribution in [0.4, 0.5) is 5.69 Å². The topological polar surface area (TPSA) is 97.8 Å². The van der Waals surface area contributed by atoms with Gasteiger partial charge >= 0.3 is 0 Å². The monoisotopic (exact) mass is 456 g/mol. The molecule has 0 bridgehead atoms. The number of H-pyrrole nitrogens is 1. The number of nitriles is 1. The second kappa shape index (κ2) is 10.0. The molecule has 1 unspecified atom stereocenters. The molecule has 3 N–H and O–H groups in total. The van der Waals surface area contributed by atoms with Crippen LogP contribution in [0, 0.1) is 11.3 Å². The van der Waals surface area contributed by atoms with Gasteiger partial charge in [0.1, 0.15) is 6.04 Å². The van der Waals surface area contributed by atoms with Gasteiger partial charge in [-0.15, -0.1) is 0 Å². The lowest BCUT2D eigenvalue weighted by Gasteiger charge is -2.19. The van der Waals surface area contributed by atoms with E-state index in [2.05, 4.69) is 21.7 Å². The van der Waals surface area contributed by atoms with E-state index in [9.17, 15) is 9.59 Å². The number of aromatic amines is 1. The van der Waals surface area contributed by atoms with Crippen LogP contribution in [0.3, 0.4) is 0 Å². The van der Waals surface area contributed by atoms with E-state index in [1.54, 1.807) is 48.5 Å². The van der Waals surface area contributed by atoms with Crippen molar-refractivity contribution in [2.75, 3.05) is 5.32 Å². The molecule has 3 aromatic carbocycles. The molecule has 0 saturated heterocycles. The summed E-state index contributed by atoms with van der Waals surface area (Å²) in [6.45, 7) is 0. The summed E-state index contributed by atoms with van der Waals surface area (Å²) in [5, 5.41) is 15.8. The lowest BCUT2D eigenvalue weighted by atomic mass is 10.0. The molecule has 0 radical (unpaired) electrons. The van der Waals surface area contributed by atoms with Crippen molar-refractivity contribution in [3.05, 3.63) is 101 Å². The zero-order valence-electron chi connectivity index (χ0n) is 17.6. The van der Waals surface area contributed by atoms with Gasteiger partial charge in [-0.3, -0.25) is 9.59 Å². The molecule has 1 heterocycles. The van der Waals surface area contributed by atoms with Crippen LogP contribution >= 0.6 is 11.6 Å². The lowest BCUT2D eigenvalue weighted by molar-refractivity contribution is -0.118. The Labute approximate surface area is 196 Å². The van der Waals surface area contributed by atoms with Gasteiger partial charge in [-0.25, -0.2) is 0 Å². The average molecular weight is 457 g/mol. The van der Waals surface area contributed by atoms with Crippen LogP contribution in [-0.2, 0) is 17.6 Å². The molecule has 0 saturated carbocycles. The van der Waals surface area contributed by atoms with Crippen molar-refractivity contribution >= 4 is 40.0 Å². The zero-order chi connectivity index (χ0) is 23.2. The summed E-state index contributed by atoms with van der Waals surface area (Å²) < 4.78 is 0. The number of rotatable bonds is 7. The first-order valence-corrected chi connectivity index (χ1v) is 10.8. The number of carbonyl (C=O) groups excluding carboxylic acids is 2. The second-order valence-electron chi connectivity index (χ2n) is 7.59. The van der Waals surface area contributed by atoms with Crippen LogP contribution in [0.5, 0.6) is 0 Å². The third-order valence-corrected chi connectivity index (χ3v) is 5.67. The quantitative estimate of drug-likeness (QED) is 0.370. The van der Waals surface area contributed by atoms with Crippen molar-refractivity contribution in [3.8, 4) is 6.07 Å². The van der Waals surface area contributed by atoms with E-state index < -0.39 is 11.9 Å². The number of para-hydroxylation sites is 1. The van der Waals surface area contributed by atoms with Crippen LogP contribution in [0.2, 0.25) is 5.02 Å². The van der Waals surface area contributed by atoms with E-state index in [1.165, 1.54) is 0 Å². The molecule has 33 heavy (non-hydrogen) atoms. The summed E-state index contributed by atoms with van der Waals surface area (Å²) in [6.07, 6.45) is 2.44. The summed E-state index contributed by atoms with van der Waals surface area (Å²) >= 11 is 6.18. The molecule has 4 aromatic rings. The summed E-state index contributed by atoms with van der Waals surface area (Å²) in [5.74, 6) is -0.779. The normalized spacial score (nSPS) is 11.5. The molecule has 2 amide bonds. The molecule has 1 atom stereocenters. The first-order valence-electron chi connectivity index (χ1n) is 10.4. The van der Waals surface area contributed by atoms with E-state index in [0.717, 1.165) is 22.0 Å². The Morgan fingerprint density at radius 1 is 1.00 bits per heavy atom. The van der Waals surface area contributed by atoms with Gasteiger partial charge in [-0.05, 0) is 41.5 Å². The number of amides is 2. The number of hydrogen-bond acceptors (Lipinski definition) is 3. The largest absolute Gasteiger partial charge is 0.361 e. The number of aromatic nitrogens is 1. The first-order chi connectivity index (χ1) is 16.0. The maximum Gasteiger partial charge on any atom is 0.253 e. The van der Waals surface area contributed by atoms with Crippen LogP contribution in [0.1, 0.15) is 21.5 Å². The van der Waals surface area contributed by atoms with Gasteiger partial charge in [-0.1, -0.05) is 54.1 Å². The van der Waals surface area contributed by atoms with Crippen molar-refractivity contribution in [2.24, 2.45) is 0 Å². The van der Waals surface area contributed by atoms with Crippen molar-refractivity contribution in [1.29, 1.82) is 5.26 Å². The predicted octanol–water partition coefficient (Wildman–Crippen LogP) is 4.87. The number of halogens is 1. The van der Waals surface area contributed by atoms with Crippen molar-refractivity contribution in [2.45, 2.75) is 18.9 Å². The van der Waals surface area contributed by atoms with Gasteiger partial charge in [0.15, 0.2) is 0 Å². The summed E-state index contributed by atoms with van der Waals surface area (Å²) in [4.78, 5) is 29.3. The fraction of sp³-hybridized carbons (Fsp3) is 0.115. The Kier molecular flexibility index (Phi) is 6.72. The molecule has 1 aromatic heterocycles. The highest BCUT2D eigenvalue weighted by Crippen LogP contribution is 2.21. The molecular formula is C26H21ClN4O2. The molecule has 164 valence electrons. The Morgan fingerprint density at radius 2 is 1.73 bits per heavy atom. The minimum atomic E-state index is -0.841. The second-order valence-corrected chi connectivity index (χ2v) is 8.00. The number of carbonyl (C=O) groups is 2. The predicted molar refractivity (Wildman–Crippen MR) is 129 cm³/mol. The summed E-state index contributed by atoms with van der Waals surface area (Å²) in [5.41, 5.74) is 3.61. The zero-order valence-corrected chi connectivity index (χ0v) is 18.4. The van der Waals surface area contributed by atoms with E-state index in [0.29, 0.717) is 29.1 Å². The maximum absolute atomic E-state index is 13.2. The Bertz CT molecular complexity index is 1340. The van der Waals surface area contributed by atoms with Crippen LogP contribution in [-0.4, -0.2) is 22.8 Å². The smallest absolute Gasteiger partial charge is 0.253 e. The highest BCUT2D eigenvalue weighted by molar-refractivity contribution is 6.33. The van der Waals surface area contributed by atoms with E-state index in [4.69, 9.17) is 16.9 Å². The Hall–Kier alpha value is -4.08. The SMILES string of the molecule is N#CCc1ccc(NC(=O)C(Cc2c[nH]c3ccccc23)NC(=O)c2ccccc2Cl)cc1. The molecule has 0 spiro atoms. The highest BCUT2D eigenvalue weighted by atomic mass is 35.5. The third-order valence-electron chi connectivity index (χ3n) is 5.34. The van der Waals surface area contributed by atoms with Gasteiger partial charge in [0.2, 0.25) is 5.91 Å². The molecule has 0 aliphatic heterocycles. The van der Waals surface area contributed by atoms with Crippen LogP contribution in [0.15, 0.2) is 79.0 Å². The number of anilines is 1. The molecule has 0 aliphatic carbocycles. The minimum Gasteiger partial charge on any atom is -0.361 e. The molecule has 0 fully saturated rings. The lowest BCUT2D eigenvalue weighted by Crippen LogP contribution is -2.45. The molecule has 7 heteroatoms. The van der Waals surface area contributed by atoms with Crippen molar-refractivity contribution < 1.29 is 9.59 Å². The number of nitrogens with zero attached hydrogens (tertiary/aromatic N) is 1. The summed E-state index contributed by atoms with van der Waals surface area (Å²) in [7, 11) is 0. The Morgan fingerprint density at radius 3 is 2.48 bits per heavy atom. The van der Waals surface area contributed by atoms with Crippen molar-refractivity contribution in [1.82, 2.24) is 10.3 Å². The average Bonchev–Trinajstić information content (AvgIpc) is 3.23. The number of benzene rings is 3. The van der Waals surface area contributed by atoms with Gasteiger partial charge in [-0.2, -0.15) is 5.26 Å². The van der Waals surface area contributed by atoms with Gasteiger partial charge in [0.05, 0.1) is 23.1 Å². The fourth-order valence-corrected chi connectivity index (χ4v) is 3.86. The van der Waals surface area contributed by atoms with Gasteiger partial charge in [0, 0.05) is 29.2 Å². The van der Waals surface area contributed by atoms with E-state index >= 15 is 0 Å². The van der Waals surface area contributed by atoms with Crippen LogP contribution in [0.25, 0.3) is 10.9 Å².